The summed E-state index contributed by atoms with van der Waals surface area (Å²) in [4.78, 5) is 20.5. The molecule has 0 fully saturated rings. The summed E-state index contributed by atoms with van der Waals surface area (Å²) in [5.41, 5.74) is 0. The first-order chi connectivity index (χ1) is 6.16. The van der Waals surface area contributed by atoms with E-state index >= 15 is 0 Å². The van der Waals surface area contributed by atoms with Crippen molar-refractivity contribution in [3.05, 3.63) is 0 Å². The van der Waals surface area contributed by atoms with E-state index in [2.05, 4.69) is 15.4 Å². The summed E-state index contributed by atoms with van der Waals surface area (Å²) in [6.45, 7) is -0.118. The van der Waals surface area contributed by atoms with Gasteiger partial charge in [0.2, 0.25) is 0 Å². The van der Waals surface area contributed by atoms with Crippen molar-refractivity contribution in [1.82, 2.24) is 10.6 Å². The van der Waals surface area contributed by atoms with Gasteiger partial charge < -0.3 is 25.6 Å². The van der Waals surface area contributed by atoms with Crippen molar-refractivity contribution in [2.24, 2.45) is 0 Å². The van der Waals surface area contributed by atoms with E-state index < -0.39 is 19.0 Å². The lowest BCUT2D eigenvalue weighted by Gasteiger charge is -2.03. The van der Waals surface area contributed by atoms with Crippen LogP contribution in [0.15, 0.2) is 0 Å². The minimum atomic E-state index is -1.10. The third-order valence-electron chi connectivity index (χ3n) is 1.09. The number of carbonyl (C=O) groups is 2. The summed E-state index contributed by atoms with van der Waals surface area (Å²) in [6, 6.07) is 0. The number of hydrogen-bond donors (Lipinski definition) is 4. The van der Waals surface area contributed by atoms with Crippen LogP contribution in [0.1, 0.15) is 6.42 Å². The molecule has 7 heteroatoms. The fraction of sp³-hybridized carbons (Fsp3) is 0.667. The molecule has 0 heterocycles. The molecular weight excluding hydrogens is 180 g/mol. The van der Waals surface area contributed by atoms with E-state index in [9.17, 15) is 9.59 Å². The average molecular weight is 192 g/mol. The van der Waals surface area contributed by atoms with Gasteiger partial charge in [-0.3, -0.25) is 0 Å². The molecule has 0 aromatic rings. The standard InChI is InChI=1S/C6H12N2O5/c9-4-13-6(12)8-3-1-2-7-5(10)11/h7,9H,1-4H2,(H,8,12)(H,10,11). The Balaban J connectivity index is 3.16. The second kappa shape index (κ2) is 7.17. The molecule has 0 saturated carbocycles. The van der Waals surface area contributed by atoms with Gasteiger partial charge in [-0.25, -0.2) is 9.59 Å². The zero-order valence-electron chi connectivity index (χ0n) is 6.95. The molecule has 0 aliphatic heterocycles. The smallest absolute Gasteiger partial charge is 0.409 e. The molecule has 7 nitrogen and oxygen atoms in total. The van der Waals surface area contributed by atoms with Crippen molar-refractivity contribution in [2.75, 3.05) is 19.9 Å². The topological polar surface area (TPSA) is 108 Å². The zero-order valence-corrected chi connectivity index (χ0v) is 6.95. The second-order valence-electron chi connectivity index (χ2n) is 2.07. The normalized spacial score (nSPS) is 9.00. The van der Waals surface area contributed by atoms with Gasteiger partial charge in [0.25, 0.3) is 0 Å². The lowest BCUT2D eigenvalue weighted by molar-refractivity contribution is 0.0444. The highest BCUT2D eigenvalue weighted by Crippen LogP contribution is 1.77. The van der Waals surface area contributed by atoms with Crippen molar-refractivity contribution in [3.63, 3.8) is 0 Å². The third-order valence-corrected chi connectivity index (χ3v) is 1.09. The highest BCUT2D eigenvalue weighted by molar-refractivity contribution is 5.67. The van der Waals surface area contributed by atoms with E-state index in [1.54, 1.807) is 0 Å². The van der Waals surface area contributed by atoms with Gasteiger partial charge in [-0.1, -0.05) is 0 Å². The summed E-state index contributed by atoms with van der Waals surface area (Å²) in [5, 5.41) is 20.7. The molecule has 4 N–H and O–H groups in total. The Morgan fingerprint density at radius 2 is 1.85 bits per heavy atom. The number of amides is 2. The van der Waals surface area contributed by atoms with Gasteiger partial charge >= 0.3 is 12.2 Å². The number of carboxylic acid groups (broad SMARTS) is 1. The molecule has 0 atom stereocenters. The molecule has 76 valence electrons. The highest BCUT2D eigenvalue weighted by atomic mass is 16.6. The van der Waals surface area contributed by atoms with E-state index in [-0.39, 0.29) is 6.54 Å². The van der Waals surface area contributed by atoms with Crippen molar-refractivity contribution in [1.29, 1.82) is 0 Å². The molecule has 0 aliphatic carbocycles. The van der Waals surface area contributed by atoms with Crippen LogP contribution in [0.5, 0.6) is 0 Å². The molecule has 0 aromatic heterocycles. The van der Waals surface area contributed by atoms with Crippen molar-refractivity contribution < 1.29 is 24.5 Å². The maximum atomic E-state index is 10.5. The first-order valence-corrected chi connectivity index (χ1v) is 3.65. The summed E-state index contributed by atoms with van der Waals surface area (Å²) >= 11 is 0. The van der Waals surface area contributed by atoms with Gasteiger partial charge in [0.05, 0.1) is 0 Å². The Hall–Kier alpha value is -1.50. The highest BCUT2D eigenvalue weighted by Gasteiger charge is 1.98. The second-order valence-corrected chi connectivity index (χ2v) is 2.07. The summed E-state index contributed by atoms with van der Waals surface area (Å²) in [5.74, 6) is 0. The Kier molecular flexibility index (Phi) is 6.34. The molecule has 0 radical (unpaired) electrons. The first kappa shape index (κ1) is 11.5. The molecule has 0 saturated heterocycles. The Bertz CT molecular complexity index is 172. The predicted octanol–water partition coefficient (Wildman–Crippen LogP) is -0.680. The number of nitrogens with one attached hydrogen (secondary N) is 2. The summed E-state index contributed by atoms with van der Waals surface area (Å²) in [7, 11) is 0. The Morgan fingerprint density at radius 1 is 1.23 bits per heavy atom. The molecule has 0 spiro atoms. The summed E-state index contributed by atoms with van der Waals surface area (Å²) in [6.07, 6.45) is -1.36. The Labute approximate surface area is 74.7 Å². The van der Waals surface area contributed by atoms with Crippen LogP contribution in [0, 0.1) is 0 Å². The van der Waals surface area contributed by atoms with Crippen LogP contribution in [-0.4, -0.2) is 42.3 Å². The molecule has 0 aromatic carbocycles. The molecule has 13 heavy (non-hydrogen) atoms. The Morgan fingerprint density at radius 3 is 2.38 bits per heavy atom. The van der Waals surface area contributed by atoms with Gasteiger partial charge in [-0.05, 0) is 6.42 Å². The average Bonchev–Trinajstić information content (AvgIpc) is 2.03. The third kappa shape index (κ3) is 8.41. The lowest BCUT2D eigenvalue weighted by atomic mass is 10.4. The van der Waals surface area contributed by atoms with E-state index in [0.717, 1.165) is 0 Å². The minimum Gasteiger partial charge on any atom is -0.465 e. The fourth-order valence-electron chi connectivity index (χ4n) is 0.584. The van der Waals surface area contributed by atoms with Crippen LogP contribution in [0.4, 0.5) is 9.59 Å². The van der Waals surface area contributed by atoms with Crippen LogP contribution in [0.2, 0.25) is 0 Å². The number of hydrogen-bond acceptors (Lipinski definition) is 4. The van der Waals surface area contributed by atoms with Gasteiger partial charge in [0.15, 0.2) is 6.79 Å². The molecule has 2 amide bonds. The van der Waals surface area contributed by atoms with E-state index in [0.29, 0.717) is 13.0 Å². The quantitative estimate of drug-likeness (QED) is 0.341. The van der Waals surface area contributed by atoms with Gasteiger partial charge in [0.1, 0.15) is 0 Å². The summed E-state index contributed by atoms with van der Waals surface area (Å²) < 4.78 is 4.14. The number of ether oxygens (including phenoxy) is 1. The van der Waals surface area contributed by atoms with Crippen LogP contribution in [-0.2, 0) is 4.74 Å². The zero-order chi connectivity index (χ0) is 10.1. The number of carbonyl (C=O) groups excluding carboxylic acids is 1. The van der Waals surface area contributed by atoms with Gasteiger partial charge in [-0.15, -0.1) is 0 Å². The van der Waals surface area contributed by atoms with Gasteiger partial charge in [-0.2, -0.15) is 0 Å². The molecule has 0 aliphatic rings. The van der Waals surface area contributed by atoms with Crippen LogP contribution >= 0.6 is 0 Å². The van der Waals surface area contributed by atoms with E-state index in [1.807, 2.05) is 0 Å². The van der Waals surface area contributed by atoms with Crippen molar-refractivity contribution >= 4 is 12.2 Å². The van der Waals surface area contributed by atoms with Crippen LogP contribution in [0.25, 0.3) is 0 Å². The molecule has 0 rings (SSSR count). The van der Waals surface area contributed by atoms with Gasteiger partial charge in [0, 0.05) is 13.1 Å². The maximum Gasteiger partial charge on any atom is 0.409 e. The number of aliphatic hydroxyl groups excluding tert-OH is 1. The monoisotopic (exact) mass is 192 g/mol. The number of rotatable bonds is 5. The first-order valence-electron chi connectivity index (χ1n) is 3.65. The predicted molar refractivity (Wildman–Crippen MR) is 42.2 cm³/mol. The minimum absolute atomic E-state index is 0.259. The number of aliphatic hydroxyl groups is 1. The lowest BCUT2D eigenvalue weighted by Crippen LogP contribution is -2.29. The van der Waals surface area contributed by atoms with Crippen LogP contribution < -0.4 is 10.6 Å². The van der Waals surface area contributed by atoms with E-state index in [4.69, 9.17) is 10.2 Å². The van der Waals surface area contributed by atoms with Crippen molar-refractivity contribution in [3.8, 4) is 0 Å². The molecular formula is C6H12N2O5. The largest absolute Gasteiger partial charge is 0.465 e. The SMILES string of the molecule is O=C(O)NCCCNC(=O)OCO. The molecule has 0 bridgehead atoms. The molecule has 0 unspecified atom stereocenters. The fourth-order valence-corrected chi connectivity index (χ4v) is 0.584. The maximum absolute atomic E-state index is 10.5. The van der Waals surface area contributed by atoms with Crippen molar-refractivity contribution in [2.45, 2.75) is 6.42 Å². The number of alkyl carbamates (subject to hydrolysis) is 1. The van der Waals surface area contributed by atoms with E-state index in [1.165, 1.54) is 0 Å². The van der Waals surface area contributed by atoms with Crippen LogP contribution in [0.3, 0.4) is 0 Å².